The SMILES string of the molecule is Cc1ccc(C#N)c(Oc2cc(Cl)ccc2C(=O)O)n1. The summed E-state index contributed by atoms with van der Waals surface area (Å²) in [6.45, 7) is 1.74. The molecule has 1 aromatic heterocycles. The van der Waals surface area contributed by atoms with Crippen molar-refractivity contribution in [1.82, 2.24) is 4.98 Å². The Kier molecular flexibility index (Phi) is 3.87. The highest BCUT2D eigenvalue weighted by atomic mass is 35.5. The zero-order valence-corrected chi connectivity index (χ0v) is 11.2. The number of carboxylic acids is 1. The number of halogens is 1. The van der Waals surface area contributed by atoms with Gasteiger partial charge in [-0.3, -0.25) is 0 Å². The fourth-order valence-corrected chi connectivity index (χ4v) is 1.72. The maximum atomic E-state index is 11.1. The van der Waals surface area contributed by atoms with Crippen LogP contribution in [0.4, 0.5) is 0 Å². The van der Waals surface area contributed by atoms with Crippen molar-refractivity contribution in [2.45, 2.75) is 6.92 Å². The number of nitrogens with zero attached hydrogens (tertiary/aromatic N) is 2. The van der Waals surface area contributed by atoms with Gasteiger partial charge < -0.3 is 9.84 Å². The summed E-state index contributed by atoms with van der Waals surface area (Å²) < 4.78 is 5.46. The lowest BCUT2D eigenvalue weighted by molar-refractivity contribution is 0.0694. The van der Waals surface area contributed by atoms with Gasteiger partial charge in [-0.1, -0.05) is 11.6 Å². The van der Waals surface area contributed by atoms with Crippen molar-refractivity contribution in [3.63, 3.8) is 0 Å². The predicted molar refractivity (Wildman–Crippen MR) is 72.2 cm³/mol. The topological polar surface area (TPSA) is 83.2 Å². The molecule has 0 spiro atoms. The minimum absolute atomic E-state index is 0.0413. The Morgan fingerprint density at radius 3 is 2.80 bits per heavy atom. The van der Waals surface area contributed by atoms with Crippen LogP contribution in [0.5, 0.6) is 11.6 Å². The molecule has 0 fully saturated rings. The zero-order valence-electron chi connectivity index (χ0n) is 10.4. The van der Waals surface area contributed by atoms with Gasteiger partial charge in [-0.2, -0.15) is 5.26 Å². The number of benzene rings is 1. The van der Waals surface area contributed by atoms with Gasteiger partial charge in [0.15, 0.2) is 0 Å². The van der Waals surface area contributed by atoms with Crippen LogP contribution in [0.2, 0.25) is 5.02 Å². The van der Waals surface area contributed by atoms with E-state index in [4.69, 9.17) is 26.7 Å². The number of rotatable bonds is 3. The van der Waals surface area contributed by atoms with Crippen molar-refractivity contribution in [3.05, 3.63) is 52.2 Å². The second-order valence-corrected chi connectivity index (χ2v) is 4.40. The largest absolute Gasteiger partial charge is 0.478 e. The first-order valence-corrected chi connectivity index (χ1v) is 5.97. The summed E-state index contributed by atoms with van der Waals surface area (Å²) in [6, 6.07) is 9.32. The number of carboxylic acid groups (broad SMARTS) is 1. The second kappa shape index (κ2) is 5.59. The first-order valence-electron chi connectivity index (χ1n) is 5.59. The van der Waals surface area contributed by atoms with Gasteiger partial charge in [-0.05, 0) is 31.2 Å². The number of aromatic nitrogens is 1. The molecule has 0 aliphatic carbocycles. The molecule has 6 heteroatoms. The molecule has 0 aliphatic heterocycles. The lowest BCUT2D eigenvalue weighted by atomic mass is 10.2. The molecule has 0 saturated heterocycles. The van der Waals surface area contributed by atoms with E-state index in [1.807, 2.05) is 6.07 Å². The first kappa shape index (κ1) is 13.8. The molecule has 5 nitrogen and oxygen atoms in total. The van der Waals surface area contributed by atoms with Crippen molar-refractivity contribution in [2.24, 2.45) is 0 Å². The van der Waals surface area contributed by atoms with E-state index in [1.165, 1.54) is 18.2 Å². The van der Waals surface area contributed by atoms with Crippen molar-refractivity contribution < 1.29 is 14.6 Å². The molecule has 0 bridgehead atoms. The van der Waals surface area contributed by atoms with Gasteiger partial charge in [0.1, 0.15) is 22.9 Å². The van der Waals surface area contributed by atoms with Crippen LogP contribution in [-0.2, 0) is 0 Å². The Balaban J connectivity index is 2.50. The van der Waals surface area contributed by atoms with Crippen molar-refractivity contribution in [2.75, 3.05) is 0 Å². The van der Waals surface area contributed by atoms with Gasteiger partial charge in [0, 0.05) is 16.8 Å². The van der Waals surface area contributed by atoms with Crippen molar-refractivity contribution >= 4 is 17.6 Å². The van der Waals surface area contributed by atoms with Crippen LogP contribution >= 0.6 is 11.6 Å². The number of hydrogen-bond donors (Lipinski definition) is 1. The molecule has 0 amide bonds. The number of pyridine rings is 1. The minimum atomic E-state index is -1.15. The molecule has 2 rings (SSSR count). The maximum Gasteiger partial charge on any atom is 0.339 e. The van der Waals surface area contributed by atoms with E-state index >= 15 is 0 Å². The Morgan fingerprint density at radius 1 is 1.40 bits per heavy atom. The zero-order chi connectivity index (χ0) is 14.7. The Hall–Kier alpha value is -2.58. The summed E-state index contributed by atoms with van der Waals surface area (Å²) in [5.41, 5.74) is 0.811. The van der Waals surface area contributed by atoms with Gasteiger partial charge in [0.2, 0.25) is 5.88 Å². The molecule has 1 N–H and O–H groups in total. The quantitative estimate of drug-likeness (QED) is 0.935. The van der Waals surface area contributed by atoms with Gasteiger partial charge in [0.05, 0.1) is 0 Å². The van der Waals surface area contributed by atoms with Crippen LogP contribution < -0.4 is 4.74 Å². The van der Waals surface area contributed by atoms with E-state index < -0.39 is 5.97 Å². The summed E-state index contributed by atoms with van der Waals surface area (Å²) in [6.07, 6.45) is 0. The maximum absolute atomic E-state index is 11.1. The summed E-state index contributed by atoms with van der Waals surface area (Å²) in [5, 5.41) is 18.4. The minimum Gasteiger partial charge on any atom is -0.478 e. The first-order chi connectivity index (χ1) is 9.51. The predicted octanol–water partition coefficient (Wildman–Crippen LogP) is 3.41. The monoisotopic (exact) mass is 288 g/mol. The van der Waals surface area contributed by atoms with Crippen LogP contribution in [0.25, 0.3) is 0 Å². The molecule has 20 heavy (non-hydrogen) atoms. The van der Waals surface area contributed by atoms with Crippen LogP contribution in [0, 0.1) is 18.3 Å². The van der Waals surface area contributed by atoms with E-state index in [1.54, 1.807) is 19.1 Å². The van der Waals surface area contributed by atoms with E-state index in [-0.39, 0.29) is 22.8 Å². The molecule has 0 radical (unpaired) electrons. The van der Waals surface area contributed by atoms with Crippen LogP contribution in [-0.4, -0.2) is 16.1 Å². The summed E-state index contributed by atoms with van der Waals surface area (Å²) >= 11 is 5.83. The second-order valence-electron chi connectivity index (χ2n) is 3.96. The third-order valence-corrected chi connectivity index (χ3v) is 2.74. The molecule has 1 heterocycles. The van der Waals surface area contributed by atoms with Gasteiger partial charge in [0.25, 0.3) is 0 Å². The number of nitriles is 1. The summed E-state index contributed by atoms with van der Waals surface area (Å²) in [7, 11) is 0. The fraction of sp³-hybridized carbons (Fsp3) is 0.0714. The van der Waals surface area contributed by atoms with E-state index in [0.717, 1.165) is 0 Å². The van der Waals surface area contributed by atoms with E-state index in [9.17, 15) is 4.79 Å². The number of hydrogen-bond acceptors (Lipinski definition) is 4. The third kappa shape index (κ3) is 2.87. The molecule has 100 valence electrons. The van der Waals surface area contributed by atoms with Gasteiger partial charge in [-0.15, -0.1) is 0 Å². The van der Waals surface area contributed by atoms with Crippen molar-refractivity contribution in [3.8, 4) is 17.7 Å². The number of aromatic carboxylic acids is 1. The Morgan fingerprint density at radius 2 is 2.15 bits per heavy atom. The van der Waals surface area contributed by atoms with E-state index in [2.05, 4.69) is 4.98 Å². The van der Waals surface area contributed by atoms with Crippen LogP contribution in [0.3, 0.4) is 0 Å². The summed E-state index contributed by atoms with van der Waals surface area (Å²) in [5.74, 6) is -1.06. The molecule has 0 unspecified atom stereocenters. The molecular formula is C14H9ClN2O3. The van der Waals surface area contributed by atoms with Crippen molar-refractivity contribution in [1.29, 1.82) is 5.26 Å². The summed E-state index contributed by atoms with van der Waals surface area (Å²) in [4.78, 5) is 15.2. The average Bonchev–Trinajstić information content (AvgIpc) is 2.38. The molecule has 0 saturated carbocycles. The molecular weight excluding hydrogens is 280 g/mol. The normalized spacial score (nSPS) is 9.85. The standard InChI is InChI=1S/C14H9ClN2O3/c1-8-2-3-9(7-16)13(17-8)20-12-6-10(15)4-5-11(12)14(18)19/h2-6H,1H3,(H,18,19). The third-order valence-electron chi connectivity index (χ3n) is 2.50. The Bertz CT molecular complexity index is 723. The molecule has 2 aromatic rings. The molecule has 0 atom stereocenters. The van der Waals surface area contributed by atoms with Gasteiger partial charge in [-0.25, -0.2) is 9.78 Å². The smallest absolute Gasteiger partial charge is 0.339 e. The van der Waals surface area contributed by atoms with E-state index in [0.29, 0.717) is 10.7 Å². The molecule has 0 aliphatic rings. The number of carbonyl (C=O) groups is 1. The van der Waals surface area contributed by atoms with Crippen LogP contribution in [0.1, 0.15) is 21.6 Å². The number of ether oxygens (including phenoxy) is 1. The Labute approximate surface area is 120 Å². The number of aryl methyl sites for hydroxylation is 1. The highest BCUT2D eigenvalue weighted by molar-refractivity contribution is 6.30. The van der Waals surface area contributed by atoms with Gasteiger partial charge >= 0.3 is 5.97 Å². The highest BCUT2D eigenvalue weighted by Gasteiger charge is 2.15. The average molecular weight is 289 g/mol. The lowest BCUT2D eigenvalue weighted by Gasteiger charge is -2.10. The lowest BCUT2D eigenvalue weighted by Crippen LogP contribution is -2.02. The highest BCUT2D eigenvalue weighted by Crippen LogP contribution is 2.29. The molecule has 1 aromatic carbocycles. The van der Waals surface area contributed by atoms with Crippen LogP contribution in [0.15, 0.2) is 30.3 Å². The fourth-order valence-electron chi connectivity index (χ4n) is 1.56.